The van der Waals surface area contributed by atoms with Gasteiger partial charge in [-0.15, -0.1) is 0 Å². The van der Waals surface area contributed by atoms with E-state index in [2.05, 4.69) is 5.32 Å². The molecule has 6 nitrogen and oxygen atoms in total. The van der Waals surface area contributed by atoms with E-state index in [9.17, 15) is 9.59 Å². The van der Waals surface area contributed by atoms with E-state index >= 15 is 0 Å². The minimum Gasteiger partial charge on any atom is -0.497 e. The number of rotatable bonds is 5. The van der Waals surface area contributed by atoms with Gasteiger partial charge >= 0.3 is 0 Å². The first-order chi connectivity index (χ1) is 15.0. The van der Waals surface area contributed by atoms with E-state index in [4.69, 9.17) is 9.47 Å². The molecule has 31 heavy (non-hydrogen) atoms. The molecular weight excluding hydrogens is 392 g/mol. The zero-order chi connectivity index (χ0) is 22.0. The van der Waals surface area contributed by atoms with Gasteiger partial charge in [0.15, 0.2) is 0 Å². The van der Waals surface area contributed by atoms with Gasteiger partial charge in [0.2, 0.25) is 5.91 Å². The third kappa shape index (κ3) is 3.84. The number of methoxy groups -OCH3 is 2. The van der Waals surface area contributed by atoms with Gasteiger partial charge in [-0.2, -0.15) is 0 Å². The van der Waals surface area contributed by atoms with Gasteiger partial charge in [-0.3, -0.25) is 9.59 Å². The molecule has 2 atom stereocenters. The van der Waals surface area contributed by atoms with Gasteiger partial charge in [-0.05, 0) is 41.5 Å². The molecular formula is C25H24N2O4. The second-order valence-electron chi connectivity index (χ2n) is 7.42. The predicted octanol–water partition coefficient (Wildman–Crippen LogP) is 4.25. The number of hydrogen-bond donors (Lipinski definition) is 1. The van der Waals surface area contributed by atoms with Gasteiger partial charge in [-0.25, -0.2) is 0 Å². The highest BCUT2D eigenvalue weighted by Gasteiger charge is 2.42. The molecule has 4 rings (SSSR count). The van der Waals surface area contributed by atoms with Gasteiger partial charge in [0.25, 0.3) is 5.91 Å². The van der Waals surface area contributed by atoms with Gasteiger partial charge < -0.3 is 19.7 Å². The van der Waals surface area contributed by atoms with Gasteiger partial charge in [0, 0.05) is 24.4 Å². The molecule has 1 N–H and O–H groups in total. The van der Waals surface area contributed by atoms with E-state index in [1.165, 1.54) is 0 Å². The number of anilines is 1. The summed E-state index contributed by atoms with van der Waals surface area (Å²) in [5.74, 6) is 0.480. The highest BCUT2D eigenvalue weighted by molar-refractivity contribution is 6.04. The smallest absolute Gasteiger partial charge is 0.254 e. The van der Waals surface area contributed by atoms with Crippen molar-refractivity contribution in [1.29, 1.82) is 0 Å². The maximum Gasteiger partial charge on any atom is 0.254 e. The number of ether oxygens (including phenoxy) is 2. The summed E-state index contributed by atoms with van der Waals surface area (Å²) in [6.45, 7) is 0. The standard InChI is InChI=1S/C25H24N2O4/c1-27-23(16-11-13-18(30-2)14-12-16)22(20-9-4-5-10-21(20)25(27)29)24(28)26-17-7-6-8-19(15-17)31-3/h4-15,22-23H,1-3H3,(H,26,28)/t22-,23-/m0/s1. The summed E-state index contributed by atoms with van der Waals surface area (Å²) in [6, 6.07) is 21.5. The quantitative estimate of drug-likeness (QED) is 0.675. The molecule has 2 amide bonds. The van der Waals surface area contributed by atoms with Gasteiger partial charge in [0.1, 0.15) is 11.5 Å². The van der Waals surface area contributed by atoms with Crippen LogP contribution >= 0.6 is 0 Å². The number of hydrogen-bond acceptors (Lipinski definition) is 4. The Balaban J connectivity index is 1.78. The molecule has 1 heterocycles. The number of amides is 2. The van der Waals surface area contributed by atoms with E-state index in [0.717, 1.165) is 5.56 Å². The first-order valence-electron chi connectivity index (χ1n) is 9.98. The molecule has 0 radical (unpaired) electrons. The summed E-state index contributed by atoms with van der Waals surface area (Å²) in [5, 5.41) is 3.00. The summed E-state index contributed by atoms with van der Waals surface area (Å²) in [7, 11) is 4.92. The van der Waals surface area contributed by atoms with E-state index in [0.29, 0.717) is 28.3 Å². The third-order valence-corrected chi connectivity index (χ3v) is 5.66. The number of fused-ring (bicyclic) bond motifs is 1. The summed E-state index contributed by atoms with van der Waals surface area (Å²) < 4.78 is 10.5. The average molecular weight is 416 g/mol. The van der Waals surface area contributed by atoms with Crippen molar-refractivity contribution in [1.82, 2.24) is 4.90 Å². The molecule has 6 heteroatoms. The van der Waals surface area contributed by atoms with Crippen LogP contribution in [0.5, 0.6) is 11.5 Å². The summed E-state index contributed by atoms with van der Waals surface area (Å²) in [5.41, 5.74) is 2.75. The molecule has 0 fully saturated rings. The second kappa shape index (κ2) is 8.52. The van der Waals surface area contributed by atoms with Crippen molar-refractivity contribution >= 4 is 17.5 Å². The van der Waals surface area contributed by atoms with Gasteiger partial charge in [-0.1, -0.05) is 36.4 Å². The van der Waals surface area contributed by atoms with Crippen LogP contribution in [0.2, 0.25) is 0 Å². The van der Waals surface area contributed by atoms with Crippen molar-refractivity contribution in [2.45, 2.75) is 12.0 Å². The summed E-state index contributed by atoms with van der Waals surface area (Å²) in [6.07, 6.45) is 0. The fourth-order valence-corrected chi connectivity index (χ4v) is 4.10. The average Bonchev–Trinajstić information content (AvgIpc) is 2.81. The van der Waals surface area contributed by atoms with Crippen LogP contribution in [0.4, 0.5) is 5.69 Å². The number of carbonyl (C=O) groups excluding carboxylic acids is 2. The molecule has 1 aliphatic rings. The van der Waals surface area contributed by atoms with E-state index < -0.39 is 12.0 Å². The van der Waals surface area contributed by atoms with Crippen LogP contribution in [0, 0.1) is 0 Å². The topological polar surface area (TPSA) is 67.9 Å². The van der Waals surface area contributed by atoms with E-state index in [1.807, 2.05) is 60.7 Å². The van der Waals surface area contributed by atoms with Crippen LogP contribution in [-0.4, -0.2) is 38.0 Å². The van der Waals surface area contributed by atoms with Crippen LogP contribution in [-0.2, 0) is 4.79 Å². The fourth-order valence-electron chi connectivity index (χ4n) is 4.10. The lowest BCUT2D eigenvalue weighted by Gasteiger charge is -2.39. The van der Waals surface area contributed by atoms with Crippen molar-refractivity contribution in [3.05, 3.63) is 89.5 Å². The maximum atomic E-state index is 13.6. The van der Waals surface area contributed by atoms with Crippen LogP contribution in [0.15, 0.2) is 72.8 Å². The molecule has 0 aliphatic carbocycles. The van der Waals surface area contributed by atoms with E-state index in [1.54, 1.807) is 38.3 Å². The Morgan fingerprint density at radius 2 is 1.61 bits per heavy atom. The van der Waals surface area contributed by atoms with Gasteiger partial charge in [0.05, 0.1) is 26.2 Å². The molecule has 3 aromatic carbocycles. The Bertz CT molecular complexity index is 1110. The molecule has 158 valence electrons. The number of carbonyl (C=O) groups is 2. The highest BCUT2D eigenvalue weighted by Crippen LogP contribution is 2.42. The zero-order valence-electron chi connectivity index (χ0n) is 17.7. The van der Waals surface area contributed by atoms with Crippen molar-refractivity contribution in [3.8, 4) is 11.5 Å². The van der Waals surface area contributed by atoms with Crippen LogP contribution in [0.3, 0.4) is 0 Å². The highest BCUT2D eigenvalue weighted by atomic mass is 16.5. The van der Waals surface area contributed by atoms with Crippen LogP contribution in [0.1, 0.15) is 33.4 Å². The Labute approximate surface area is 181 Å². The predicted molar refractivity (Wildman–Crippen MR) is 119 cm³/mol. The van der Waals surface area contributed by atoms with E-state index in [-0.39, 0.29) is 11.8 Å². The van der Waals surface area contributed by atoms with Crippen LogP contribution < -0.4 is 14.8 Å². The fraction of sp³-hybridized carbons (Fsp3) is 0.200. The molecule has 0 aromatic heterocycles. The first kappa shape index (κ1) is 20.5. The normalized spacial score (nSPS) is 17.6. The monoisotopic (exact) mass is 416 g/mol. The molecule has 0 spiro atoms. The number of benzene rings is 3. The molecule has 3 aromatic rings. The number of nitrogens with zero attached hydrogens (tertiary/aromatic N) is 1. The SMILES string of the molecule is COc1ccc([C@H]2[C@@H](C(=O)Nc3cccc(OC)c3)c3ccccc3C(=O)N2C)cc1. The minimum atomic E-state index is -0.585. The van der Waals surface area contributed by atoms with Crippen LogP contribution in [0.25, 0.3) is 0 Å². The van der Waals surface area contributed by atoms with Crippen molar-refractivity contribution in [2.24, 2.45) is 0 Å². The maximum absolute atomic E-state index is 13.6. The largest absolute Gasteiger partial charge is 0.497 e. The minimum absolute atomic E-state index is 0.109. The Hall–Kier alpha value is -3.80. The molecule has 1 aliphatic heterocycles. The number of nitrogens with one attached hydrogen (secondary N) is 1. The molecule has 0 unspecified atom stereocenters. The summed E-state index contributed by atoms with van der Waals surface area (Å²) in [4.78, 5) is 28.3. The van der Waals surface area contributed by atoms with Crippen molar-refractivity contribution in [3.63, 3.8) is 0 Å². The third-order valence-electron chi connectivity index (χ3n) is 5.66. The Morgan fingerprint density at radius 3 is 2.32 bits per heavy atom. The first-order valence-corrected chi connectivity index (χ1v) is 9.98. The summed E-state index contributed by atoms with van der Waals surface area (Å²) >= 11 is 0. The lowest BCUT2D eigenvalue weighted by Crippen LogP contribution is -2.44. The Kier molecular flexibility index (Phi) is 5.62. The molecule has 0 bridgehead atoms. The van der Waals surface area contributed by atoms with Crippen molar-refractivity contribution in [2.75, 3.05) is 26.6 Å². The lowest BCUT2D eigenvalue weighted by molar-refractivity contribution is -0.119. The lowest BCUT2D eigenvalue weighted by atomic mass is 9.79. The second-order valence-corrected chi connectivity index (χ2v) is 7.42. The van der Waals surface area contributed by atoms with Crippen molar-refractivity contribution < 1.29 is 19.1 Å². The zero-order valence-corrected chi connectivity index (χ0v) is 17.7. The Morgan fingerprint density at radius 1 is 0.903 bits per heavy atom. The molecule has 0 saturated carbocycles. The molecule has 0 saturated heterocycles. The number of likely N-dealkylation sites (N-methyl/N-ethyl adjacent to an activating group) is 1.